The SMILES string of the molecule is N#C/C(=C/c1ccc(Sc2nc(-c3ccccc3)cc(C(F)(F)F)n2)c([N+](=O)[O-])c1)C(=O)c1ccccc1. The number of allylic oxidation sites excluding steroid dienone is 1. The lowest BCUT2D eigenvalue weighted by Gasteiger charge is -2.11. The molecular formula is C27H15F3N4O3S. The Balaban J connectivity index is 1.72. The number of ketones is 1. The van der Waals surface area contributed by atoms with E-state index < -0.39 is 28.3 Å². The van der Waals surface area contributed by atoms with E-state index in [9.17, 15) is 33.3 Å². The average Bonchev–Trinajstić information content (AvgIpc) is 2.92. The van der Waals surface area contributed by atoms with Crippen molar-refractivity contribution in [3.8, 4) is 17.3 Å². The van der Waals surface area contributed by atoms with Crippen molar-refractivity contribution in [2.24, 2.45) is 0 Å². The molecule has 0 fully saturated rings. The lowest BCUT2D eigenvalue weighted by atomic mass is 10.0. The molecule has 3 aromatic carbocycles. The molecule has 4 aromatic rings. The van der Waals surface area contributed by atoms with Gasteiger partial charge in [0.25, 0.3) is 5.69 Å². The number of Topliss-reactive ketones (excluding diaryl/α,β-unsaturated/α-hetero) is 1. The van der Waals surface area contributed by atoms with Crippen LogP contribution < -0.4 is 0 Å². The highest BCUT2D eigenvalue weighted by Gasteiger charge is 2.34. The number of alkyl halides is 3. The van der Waals surface area contributed by atoms with Gasteiger partial charge in [-0.15, -0.1) is 0 Å². The molecule has 4 rings (SSSR count). The van der Waals surface area contributed by atoms with Gasteiger partial charge in [0.05, 0.1) is 15.5 Å². The lowest BCUT2D eigenvalue weighted by molar-refractivity contribution is -0.387. The Morgan fingerprint density at radius 3 is 2.24 bits per heavy atom. The van der Waals surface area contributed by atoms with E-state index in [2.05, 4.69) is 9.97 Å². The largest absolute Gasteiger partial charge is 0.433 e. The average molecular weight is 533 g/mol. The summed E-state index contributed by atoms with van der Waals surface area (Å²) in [5.41, 5.74) is -0.973. The lowest BCUT2D eigenvalue weighted by Crippen LogP contribution is -2.10. The number of benzene rings is 3. The molecule has 0 aliphatic carbocycles. The van der Waals surface area contributed by atoms with Gasteiger partial charge in [0.2, 0.25) is 5.78 Å². The molecule has 1 aromatic heterocycles. The minimum atomic E-state index is -4.76. The number of carbonyl (C=O) groups is 1. The van der Waals surface area contributed by atoms with Gasteiger partial charge < -0.3 is 0 Å². The first-order valence-corrected chi connectivity index (χ1v) is 11.7. The predicted molar refractivity (Wildman–Crippen MR) is 134 cm³/mol. The van der Waals surface area contributed by atoms with Crippen molar-refractivity contribution in [3.05, 3.63) is 117 Å². The van der Waals surface area contributed by atoms with Crippen LogP contribution in [0.5, 0.6) is 0 Å². The fourth-order valence-electron chi connectivity index (χ4n) is 3.38. The second-order valence-electron chi connectivity index (χ2n) is 7.74. The zero-order chi connectivity index (χ0) is 27.3. The summed E-state index contributed by atoms with van der Waals surface area (Å²) >= 11 is 0.602. The zero-order valence-electron chi connectivity index (χ0n) is 19.2. The molecular weight excluding hydrogens is 517 g/mol. The van der Waals surface area contributed by atoms with Crippen molar-refractivity contribution in [1.82, 2.24) is 9.97 Å². The molecule has 1 heterocycles. The third-order valence-corrected chi connectivity index (χ3v) is 6.09. The van der Waals surface area contributed by atoms with Gasteiger partial charge in [-0.3, -0.25) is 14.9 Å². The number of halogens is 3. The summed E-state index contributed by atoms with van der Waals surface area (Å²) in [7, 11) is 0. The molecule has 0 unspecified atom stereocenters. The normalized spacial score (nSPS) is 11.6. The minimum absolute atomic E-state index is 0.00992. The van der Waals surface area contributed by atoms with E-state index in [1.165, 1.54) is 30.3 Å². The third kappa shape index (κ3) is 6.11. The molecule has 0 amide bonds. The molecule has 0 spiro atoms. The van der Waals surface area contributed by atoms with Gasteiger partial charge in [-0.25, -0.2) is 9.97 Å². The van der Waals surface area contributed by atoms with Gasteiger partial charge in [-0.05, 0) is 35.5 Å². The van der Waals surface area contributed by atoms with E-state index in [0.29, 0.717) is 17.3 Å². The standard InChI is InChI=1S/C27H15F3N4O3S/c28-27(29,30)24-15-21(18-7-3-1-4-8-18)32-26(33-24)38-23-12-11-17(14-22(23)34(36)37)13-20(16-31)25(35)19-9-5-2-6-10-19/h1-15H/b20-13-. The Labute approximate surface area is 218 Å². The summed E-state index contributed by atoms with van der Waals surface area (Å²) in [6.07, 6.45) is -3.55. The van der Waals surface area contributed by atoms with Crippen LogP contribution in [0.1, 0.15) is 21.6 Å². The minimum Gasteiger partial charge on any atom is -0.288 e. The maximum atomic E-state index is 13.5. The second kappa shape index (κ2) is 11.1. The van der Waals surface area contributed by atoms with Crippen LogP contribution in [-0.2, 0) is 6.18 Å². The highest BCUT2D eigenvalue weighted by molar-refractivity contribution is 7.99. The second-order valence-corrected chi connectivity index (χ2v) is 8.75. The van der Waals surface area contributed by atoms with Crippen LogP contribution in [0.4, 0.5) is 18.9 Å². The van der Waals surface area contributed by atoms with Gasteiger partial charge in [0.1, 0.15) is 17.3 Å². The number of carbonyl (C=O) groups excluding carboxylic acids is 1. The topological polar surface area (TPSA) is 110 Å². The van der Waals surface area contributed by atoms with Gasteiger partial charge in [0.15, 0.2) is 5.16 Å². The van der Waals surface area contributed by atoms with Crippen LogP contribution in [0.15, 0.2) is 101 Å². The quantitative estimate of drug-likeness (QED) is 0.0629. The number of nitriles is 1. The highest BCUT2D eigenvalue weighted by atomic mass is 32.2. The molecule has 188 valence electrons. The first-order valence-electron chi connectivity index (χ1n) is 10.9. The maximum absolute atomic E-state index is 13.5. The van der Waals surface area contributed by atoms with Crippen molar-refractivity contribution in [2.45, 2.75) is 16.2 Å². The highest BCUT2D eigenvalue weighted by Crippen LogP contribution is 2.37. The molecule has 7 nitrogen and oxygen atoms in total. The van der Waals surface area contributed by atoms with Gasteiger partial charge in [-0.1, -0.05) is 66.7 Å². The fraction of sp³-hybridized carbons (Fsp3) is 0.0370. The van der Waals surface area contributed by atoms with Crippen LogP contribution in [0.25, 0.3) is 17.3 Å². The number of aromatic nitrogens is 2. The van der Waals surface area contributed by atoms with Crippen LogP contribution >= 0.6 is 11.8 Å². The van der Waals surface area contributed by atoms with Crippen molar-refractivity contribution < 1.29 is 22.9 Å². The molecule has 0 radical (unpaired) electrons. The monoisotopic (exact) mass is 532 g/mol. The number of nitro benzene ring substituents is 1. The molecule has 0 aliphatic heterocycles. The Bertz CT molecular complexity index is 1590. The predicted octanol–water partition coefficient (Wildman–Crippen LogP) is 7.01. The van der Waals surface area contributed by atoms with Gasteiger partial charge >= 0.3 is 6.18 Å². The Hall–Kier alpha value is -4.82. The Kier molecular flexibility index (Phi) is 7.64. The summed E-state index contributed by atoms with van der Waals surface area (Å²) < 4.78 is 40.6. The number of nitro groups is 1. The van der Waals surface area contributed by atoms with Gasteiger partial charge in [-0.2, -0.15) is 18.4 Å². The summed E-state index contributed by atoms with van der Waals surface area (Å²) in [5.74, 6) is -0.556. The van der Waals surface area contributed by atoms with E-state index >= 15 is 0 Å². The Morgan fingerprint density at radius 1 is 0.974 bits per heavy atom. The third-order valence-electron chi connectivity index (χ3n) is 5.16. The van der Waals surface area contributed by atoms with Crippen molar-refractivity contribution in [2.75, 3.05) is 0 Å². The van der Waals surface area contributed by atoms with Crippen molar-refractivity contribution in [3.63, 3.8) is 0 Å². The number of rotatable bonds is 7. The number of hydrogen-bond acceptors (Lipinski definition) is 7. The summed E-state index contributed by atoms with van der Waals surface area (Å²) in [5, 5.41) is 20.9. The first kappa shape index (κ1) is 26.2. The van der Waals surface area contributed by atoms with Crippen LogP contribution in [-0.4, -0.2) is 20.7 Å². The van der Waals surface area contributed by atoms with Crippen LogP contribution in [0, 0.1) is 21.4 Å². The Morgan fingerprint density at radius 2 is 1.63 bits per heavy atom. The van der Waals surface area contributed by atoms with E-state index in [0.717, 1.165) is 12.1 Å². The molecule has 0 bridgehead atoms. The van der Waals surface area contributed by atoms with Crippen LogP contribution in [0.2, 0.25) is 0 Å². The smallest absolute Gasteiger partial charge is 0.288 e. The molecule has 0 atom stereocenters. The molecule has 0 saturated heterocycles. The van der Waals surface area contributed by atoms with E-state index in [1.807, 2.05) is 0 Å². The molecule has 0 N–H and O–H groups in total. The fourth-order valence-corrected chi connectivity index (χ4v) is 4.24. The summed E-state index contributed by atoms with van der Waals surface area (Å²) in [6.45, 7) is 0. The van der Waals surface area contributed by atoms with E-state index in [1.54, 1.807) is 54.6 Å². The zero-order valence-corrected chi connectivity index (χ0v) is 20.0. The summed E-state index contributed by atoms with van der Waals surface area (Å²) in [4.78, 5) is 31.5. The van der Waals surface area contributed by atoms with Crippen molar-refractivity contribution in [1.29, 1.82) is 5.26 Å². The first-order chi connectivity index (χ1) is 18.2. The maximum Gasteiger partial charge on any atom is 0.433 e. The van der Waals surface area contributed by atoms with E-state index in [-0.39, 0.29) is 32.4 Å². The molecule has 11 heteroatoms. The number of nitrogens with zero attached hydrogens (tertiary/aromatic N) is 4. The van der Waals surface area contributed by atoms with Crippen molar-refractivity contribution >= 4 is 29.3 Å². The molecule has 0 saturated carbocycles. The van der Waals surface area contributed by atoms with Crippen LogP contribution in [0.3, 0.4) is 0 Å². The van der Waals surface area contributed by atoms with Gasteiger partial charge in [0, 0.05) is 17.2 Å². The molecule has 0 aliphatic rings. The molecule has 38 heavy (non-hydrogen) atoms. The van der Waals surface area contributed by atoms with E-state index in [4.69, 9.17) is 0 Å². The summed E-state index contributed by atoms with van der Waals surface area (Å²) in [6, 6.07) is 22.7. The number of hydrogen-bond donors (Lipinski definition) is 0.